The highest BCUT2D eigenvalue weighted by atomic mass is 32.2. The van der Waals surface area contributed by atoms with Crippen LogP contribution < -0.4 is 0 Å². The number of imidazole rings is 2. The zero-order valence-electron chi connectivity index (χ0n) is 23.1. The van der Waals surface area contributed by atoms with Gasteiger partial charge in [-0.15, -0.1) is 0 Å². The molecule has 37 heavy (non-hydrogen) atoms. The van der Waals surface area contributed by atoms with Gasteiger partial charge in [-0.25, -0.2) is 0 Å². The number of hydrogen-bond donors (Lipinski definition) is 2. The Morgan fingerprint density at radius 2 is 1.03 bits per heavy atom. The summed E-state index contributed by atoms with van der Waals surface area (Å²) in [6.07, 6.45) is 6.99. The average Bonchev–Trinajstić information content (AvgIpc) is 3.27. The van der Waals surface area contributed by atoms with Crippen LogP contribution in [0.3, 0.4) is 0 Å². The van der Waals surface area contributed by atoms with Crippen molar-refractivity contribution >= 4 is 46.0 Å². The molecule has 2 aromatic rings. The molecule has 2 unspecified atom stereocenters. The maximum absolute atomic E-state index is 12.5. The number of rotatable bonds is 16. The third kappa shape index (κ3) is 8.37. The van der Waals surface area contributed by atoms with Gasteiger partial charge in [0.25, 0.3) is 0 Å². The number of aromatic nitrogens is 4. The SMILES string of the molecule is CCn1cc(O)n(C(C)(C)CCCS(=O)CCCS(=O)CCCC(C)(C)n2c(O)cn(CC)c2=S)c1=S. The maximum Gasteiger partial charge on any atom is 0.210 e. The summed E-state index contributed by atoms with van der Waals surface area (Å²) in [7, 11) is -1.93. The normalized spacial score (nSPS) is 14.2. The average molecular weight is 593 g/mol. The lowest BCUT2D eigenvalue weighted by Crippen LogP contribution is -2.27. The zero-order chi connectivity index (χ0) is 28.0. The molecule has 0 aliphatic carbocycles. The van der Waals surface area contributed by atoms with Crippen molar-refractivity contribution in [2.24, 2.45) is 0 Å². The van der Waals surface area contributed by atoms with E-state index in [2.05, 4.69) is 0 Å². The van der Waals surface area contributed by atoms with E-state index in [1.165, 1.54) is 0 Å². The van der Waals surface area contributed by atoms with Gasteiger partial charge in [-0.2, -0.15) is 0 Å². The van der Waals surface area contributed by atoms with Crippen LogP contribution in [0.15, 0.2) is 12.4 Å². The number of aryl methyl sites for hydroxylation is 2. The second-order valence-corrected chi connectivity index (χ2v) is 14.8. The fourth-order valence-electron chi connectivity index (χ4n) is 4.69. The van der Waals surface area contributed by atoms with E-state index < -0.39 is 21.6 Å². The van der Waals surface area contributed by atoms with E-state index in [9.17, 15) is 18.6 Å². The highest BCUT2D eigenvalue weighted by molar-refractivity contribution is 7.85. The number of hydrogen-bond acceptors (Lipinski definition) is 6. The quantitative estimate of drug-likeness (QED) is 0.253. The molecule has 2 aromatic heterocycles. The highest BCUT2D eigenvalue weighted by Gasteiger charge is 2.26. The Labute approximate surface area is 236 Å². The summed E-state index contributed by atoms with van der Waals surface area (Å²) in [6, 6.07) is 0. The molecule has 0 fully saturated rings. The van der Waals surface area contributed by atoms with Gasteiger partial charge in [0.2, 0.25) is 11.8 Å². The highest BCUT2D eigenvalue weighted by Crippen LogP contribution is 2.30. The summed E-state index contributed by atoms with van der Waals surface area (Å²) in [4.78, 5) is 0. The van der Waals surface area contributed by atoms with Crippen LogP contribution >= 0.6 is 24.4 Å². The van der Waals surface area contributed by atoms with Crippen molar-refractivity contribution in [3.8, 4) is 11.8 Å². The van der Waals surface area contributed by atoms with Crippen LogP contribution in [0.5, 0.6) is 11.8 Å². The Morgan fingerprint density at radius 3 is 1.32 bits per heavy atom. The summed E-state index contributed by atoms with van der Waals surface area (Å²) in [5, 5.41) is 20.6. The summed E-state index contributed by atoms with van der Waals surface area (Å²) in [5.74, 6) is 2.55. The van der Waals surface area contributed by atoms with E-state index in [1.807, 2.05) is 50.7 Å². The van der Waals surface area contributed by atoms with Crippen LogP contribution in [-0.4, -0.2) is 59.9 Å². The molecule has 0 aromatic carbocycles. The van der Waals surface area contributed by atoms with Crippen molar-refractivity contribution in [2.45, 2.75) is 97.8 Å². The summed E-state index contributed by atoms with van der Waals surface area (Å²) in [6.45, 7) is 13.5. The molecule has 0 saturated carbocycles. The molecule has 2 N–H and O–H groups in total. The van der Waals surface area contributed by atoms with Crippen molar-refractivity contribution in [2.75, 3.05) is 23.0 Å². The smallest absolute Gasteiger partial charge is 0.210 e. The molecule has 0 amide bonds. The fraction of sp³-hybridized carbons (Fsp3) is 0.760. The molecule has 0 radical (unpaired) electrons. The minimum absolute atomic E-state index is 0.156. The fourth-order valence-corrected chi connectivity index (χ4v) is 8.19. The van der Waals surface area contributed by atoms with Crippen LogP contribution in [-0.2, 0) is 45.8 Å². The molecule has 2 rings (SSSR count). The Morgan fingerprint density at radius 1 is 0.703 bits per heavy atom. The van der Waals surface area contributed by atoms with Crippen molar-refractivity contribution in [3.63, 3.8) is 0 Å². The summed E-state index contributed by atoms with van der Waals surface area (Å²) in [5.41, 5.74) is -0.747. The van der Waals surface area contributed by atoms with Gasteiger partial charge in [0.05, 0.1) is 12.4 Å². The first-order valence-electron chi connectivity index (χ1n) is 13.0. The van der Waals surface area contributed by atoms with Gasteiger partial charge in [0.1, 0.15) is 0 Å². The van der Waals surface area contributed by atoms with Crippen LogP contribution in [0.2, 0.25) is 0 Å². The Bertz CT molecular complexity index is 1110. The Kier molecular flexibility index (Phi) is 11.8. The molecule has 212 valence electrons. The predicted octanol–water partition coefficient (Wildman–Crippen LogP) is 5.42. The topological polar surface area (TPSA) is 94.3 Å². The van der Waals surface area contributed by atoms with Crippen molar-refractivity contribution < 1.29 is 18.6 Å². The lowest BCUT2D eigenvalue weighted by Gasteiger charge is -2.27. The lowest BCUT2D eigenvalue weighted by atomic mass is 9.99. The van der Waals surface area contributed by atoms with Gasteiger partial charge in [-0.05, 0) is 98.1 Å². The molecule has 0 aliphatic rings. The monoisotopic (exact) mass is 592 g/mol. The van der Waals surface area contributed by atoms with E-state index in [-0.39, 0.29) is 22.8 Å². The largest absolute Gasteiger partial charge is 0.493 e. The molecular weight excluding hydrogens is 549 g/mol. The molecule has 2 heterocycles. The van der Waals surface area contributed by atoms with E-state index in [1.54, 1.807) is 21.5 Å². The van der Waals surface area contributed by atoms with Gasteiger partial charge in [0, 0.05) is 68.8 Å². The third-order valence-corrected chi connectivity index (χ3v) is 10.6. The molecule has 0 saturated heterocycles. The Hall–Kier alpha value is -1.24. The minimum atomic E-state index is -0.966. The molecule has 12 heteroatoms. The van der Waals surface area contributed by atoms with E-state index in [0.717, 1.165) is 25.7 Å². The standard InChI is InChI=1S/C25H44N4O4S4/c1-7-26-18-20(30)28(22(26)34)24(3,4)12-9-14-36(32)16-11-17-37(33)15-10-13-25(5,6)29-21(31)19-27(8-2)23(29)35/h18-19,30-31H,7-17H2,1-6H3. The van der Waals surface area contributed by atoms with Gasteiger partial charge in [-0.3, -0.25) is 17.6 Å². The van der Waals surface area contributed by atoms with Crippen LogP contribution in [0.25, 0.3) is 0 Å². The number of aromatic hydroxyl groups is 2. The van der Waals surface area contributed by atoms with Gasteiger partial charge in [0.15, 0.2) is 9.54 Å². The van der Waals surface area contributed by atoms with Crippen molar-refractivity contribution in [1.82, 2.24) is 18.3 Å². The lowest BCUT2D eigenvalue weighted by molar-refractivity contribution is 0.277. The number of nitrogens with zero attached hydrogens (tertiary/aromatic N) is 4. The second kappa shape index (κ2) is 13.7. The molecule has 0 spiro atoms. The third-order valence-electron chi connectivity index (χ3n) is 6.83. The zero-order valence-corrected chi connectivity index (χ0v) is 26.3. The molecule has 0 bridgehead atoms. The molecule has 8 nitrogen and oxygen atoms in total. The molecular formula is C25H44N4O4S4. The molecule has 2 atom stereocenters. The van der Waals surface area contributed by atoms with Gasteiger partial charge < -0.3 is 19.3 Å². The minimum Gasteiger partial charge on any atom is -0.493 e. The first kappa shape index (κ1) is 32.0. The van der Waals surface area contributed by atoms with Crippen LogP contribution in [0.1, 0.15) is 73.6 Å². The Balaban J connectivity index is 1.72. The first-order chi connectivity index (χ1) is 17.2. The van der Waals surface area contributed by atoms with Crippen LogP contribution in [0.4, 0.5) is 0 Å². The van der Waals surface area contributed by atoms with Crippen LogP contribution in [0, 0.1) is 9.54 Å². The predicted molar refractivity (Wildman–Crippen MR) is 159 cm³/mol. The van der Waals surface area contributed by atoms with Gasteiger partial charge in [-0.1, -0.05) is 0 Å². The van der Waals surface area contributed by atoms with Crippen molar-refractivity contribution in [3.05, 3.63) is 21.9 Å². The first-order valence-corrected chi connectivity index (χ1v) is 16.8. The summed E-state index contributed by atoms with van der Waals surface area (Å²) < 4.78 is 33.4. The second-order valence-electron chi connectivity index (χ2n) is 10.7. The maximum atomic E-state index is 12.5. The van der Waals surface area contributed by atoms with Gasteiger partial charge >= 0.3 is 0 Å². The van der Waals surface area contributed by atoms with E-state index >= 15 is 0 Å². The van der Waals surface area contributed by atoms with Crippen molar-refractivity contribution in [1.29, 1.82) is 0 Å². The summed E-state index contributed by atoms with van der Waals surface area (Å²) >= 11 is 11.0. The molecule has 0 aliphatic heterocycles. The van der Waals surface area contributed by atoms with E-state index in [0.29, 0.717) is 52.1 Å². The van der Waals surface area contributed by atoms with E-state index in [4.69, 9.17) is 24.4 Å².